The maximum Gasteiger partial charge on any atom is 0.410 e. The minimum absolute atomic E-state index is 0.0516. The lowest BCUT2D eigenvalue weighted by Gasteiger charge is -2.27. The summed E-state index contributed by atoms with van der Waals surface area (Å²) in [5.74, 6) is -0.326. The summed E-state index contributed by atoms with van der Waals surface area (Å²) in [6, 6.07) is -0.0516. The fourth-order valence-corrected chi connectivity index (χ4v) is 2.45. The van der Waals surface area contributed by atoms with Crippen molar-refractivity contribution in [3.05, 3.63) is 0 Å². The van der Waals surface area contributed by atoms with E-state index < -0.39 is 11.1 Å². The number of nitrogens with two attached hydrogens (primary N) is 1. The van der Waals surface area contributed by atoms with Crippen molar-refractivity contribution < 1.29 is 19.1 Å². The highest BCUT2D eigenvalue weighted by atomic mass is 16.6. The van der Waals surface area contributed by atoms with Crippen LogP contribution in [0.15, 0.2) is 0 Å². The maximum absolute atomic E-state index is 12.1. The lowest BCUT2D eigenvalue weighted by Crippen LogP contribution is -2.46. The van der Waals surface area contributed by atoms with Crippen LogP contribution in [0.5, 0.6) is 0 Å². The van der Waals surface area contributed by atoms with Gasteiger partial charge in [-0.3, -0.25) is 4.79 Å². The van der Waals surface area contributed by atoms with Gasteiger partial charge in [0.15, 0.2) is 0 Å². The van der Waals surface area contributed by atoms with Crippen LogP contribution in [0.2, 0.25) is 0 Å². The van der Waals surface area contributed by atoms with Gasteiger partial charge in [0, 0.05) is 18.1 Å². The van der Waals surface area contributed by atoms with Crippen molar-refractivity contribution in [3.63, 3.8) is 0 Å². The summed E-state index contributed by atoms with van der Waals surface area (Å²) in [6.45, 7) is 9.76. The predicted octanol–water partition coefficient (Wildman–Crippen LogP) is 1.67. The zero-order valence-corrected chi connectivity index (χ0v) is 13.1. The Kier molecular flexibility index (Phi) is 5.02. The van der Waals surface area contributed by atoms with Gasteiger partial charge in [0.1, 0.15) is 5.60 Å². The second kappa shape index (κ2) is 5.99. The number of rotatable bonds is 3. The highest BCUT2D eigenvalue weighted by molar-refractivity contribution is 5.72. The molecule has 6 heteroatoms. The number of carbonyl (C=O) groups excluding carboxylic acids is 2. The van der Waals surface area contributed by atoms with E-state index in [0.29, 0.717) is 19.6 Å². The van der Waals surface area contributed by atoms with Crippen LogP contribution in [-0.4, -0.2) is 47.3 Å². The fourth-order valence-electron chi connectivity index (χ4n) is 2.45. The van der Waals surface area contributed by atoms with Crippen molar-refractivity contribution >= 4 is 12.1 Å². The third kappa shape index (κ3) is 4.67. The molecule has 0 aromatic carbocycles. The minimum atomic E-state index is -0.734. The number of hydrogen-bond acceptors (Lipinski definition) is 5. The van der Waals surface area contributed by atoms with Gasteiger partial charge in [0.2, 0.25) is 0 Å². The molecule has 1 aliphatic rings. The molecule has 1 rings (SSSR count). The monoisotopic (exact) mass is 286 g/mol. The molecule has 0 aromatic rings. The second-order valence-corrected chi connectivity index (χ2v) is 6.51. The Morgan fingerprint density at radius 3 is 2.50 bits per heavy atom. The topological polar surface area (TPSA) is 81.9 Å². The standard InChI is InChI=1S/C14H26N2O4/c1-6-19-11(17)8-14(15)7-10(2)16(9-14)12(18)20-13(3,4)5/h10H,6-9,15H2,1-5H3. The first-order chi connectivity index (χ1) is 9.06. The van der Waals surface area contributed by atoms with Crippen LogP contribution in [0.1, 0.15) is 47.5 Å². The van der Waals surface area contributed by atoms with Crippen molar-refractivity contribution in [2.24, 2.45) is 5.73 Å². The molecule has 2 atom stereocenters. The SMILES string of the molecule is CCOC(=O)CC1(N)CC(C)N(C(=O)OC(C)(C)C)C1. The average Bonchev–Trinajstić information content (AvgIpc) is 2.51. The number of likely N-dealkylation sites (tertiary alicyclic amines) is 1. The lowest BCUT2D eigenvalue weighted by molar-refractivity contribution is -0.144. The first-order valence-corrected chi connectivity index (χ1v) is 7.00. The third-order valence-electron chi connectivity index (χ3n) is 3.15. The highest BCUT2D eigenvalue weighted by Crippen LogP contribution is 2.29. The number of hydrogen-bond donors (Lipinski definition) is 1. The molecule has 2 unspecified atom stereocenters. The molecule has 116 valence electrons. The van der Waals surface area contributed by atoms with E-state index in [4.69, 9.17) is 15.2 Å². The molecule has 1 saturated heterocycles. The fraction of sp³-hybridized carbons (Fsp3) is 0.857. The molecule has 1 amide bonds. The summed E-state index contributed by atoms with van der Waals surface area (Å²) in [6.07, 6.45) is 0.288. The molecular weight excluding hydrogens is 260 g/mol. The van der Waals surface area contributed by atoms with Crippen LogP contribution in [0.4, 0.5) is 4.79 Å². The molecule has 0 bridgehead atoms. The number of esters is 1. The van der Waals surface area contributed by atoms with Gasteiger partial charge in [-0.2, -0.15) is 0 Å². The first kappa shape index (κ1) is 16.8. The molecule has 1 aliphatic heterocycles. The van der Waals surface area contributed by atoms with Crippen LogP contribution in [0.3, 0.4) is 0 Å². The van der Waals surface area contributed by atoms with Crippen molar-refractivity contribution in [2.45, 2.75) is 64.6 Å². The van der Waals surface area contributed by atoms with Gasteiger partial charge in [0.05, 0.1) is 13.0 Å². The van der Waals surface area contributed by atoms with E-state index in [1.807, 2.05) is 27.7 Å². The van der Waals surface area contributed by atoms with Crippen LogP contribution in [-0.2, 0) is 14.3 Å². The van der Waals surface area contributed by atoms with Gasteiger partial charge in [-0.05, 0) is 41.0 Å². The van der Waals surface area contributed by atoms with Gasteiger partial charge in [-0.1, -0.05) is 0 Å². The summed E-state index contributed by atoms with van der Waals surface area (Å²) in [5, 5.41) is 0. The molecule has 1 fully saturated rings. The number of ether oxygens (including phenoxy) is 2. The zero-order chi connectivity index (χ0) is 15.6. The molecular formula is C14H26N2O4. The number of carbonyl (C=O) groups is 2. The summed E-state index contributed by atoms with van der Waals surface area (Å²) in [5.41, 5.74) is 4.94. The van der Waals surface area contributed by atoms with E-state index in [9.17, 15) is 9.59 Å². The van der Waals surface area contributed by atoms with E-state index >= 15 is 0 Å². The summed E-state index contributed by atoms with van der Waals surface area (Å²) in [4.78, 5) is 25.3. The quantitative estimate of drug-likeness (QED) is 0.798. The van der Waals surface area contributed by atoms with Crippen LogP contribution < -0.4 is 5.73 Å². The molecule has 0 aromatic heterocycles. The van der Waals surface area contributed by atoms with Gasteiger partial charge < -0.3 is 20.1 Å². The molecule has 6 nitrogen and oxygen atoms in total. The van der Waals surface area contributed by atoms with Crippen LogP contribution in [0.25, 0.3) is 0 Å². The Hall–Kier alpha value is -1.30. The van der Waals surface area contributed by atoms with E-state index in [1.165, 1.54) is 0 Å². The smallest absolute Gasteiger partial charge is 0.410 e. The first-order valence-electron chi connectivity index (χ1n) is 7.00. The van der Waals surface area contributed by atoms with Crippen molar-refractivity contribution in [2.75, 3.05) is 13.2 Å². The van der Waals surface area contributed by atoms with Gasteiger partial charge >= 0.3 is 12.1 Å². The average molecular weight is 286 g/mol. The van der Waals surface area contributed by atoms with Gasteiger partial charge in [-0.15, -0.1) is 0 Å². The molecule has 1 heterocycles. The Balaban J connectivity index is 2.66. The highest BCUT2D eigenvalue weighted by Gasteiger charge is 2.44. The van der Waals surface area contributed by atoms with E-state index in [0.717, 1.165) is 0 Å². The maximum atomic E-state index is 12.1. The van der Waals surface area contributed by atoms with Crippen molar-refractivity contribution in [3.8, 4) is 0 Å². The Morgan fingerprint density at radius 2 is 2.00 bits per heavy atom. The molecule has 0 saturated carbocycles. The van der Waals surface area contributed by atoms with E-state index in [1.54, 1.807) is 11.8 Å². The molecule has 2 N–H and O–H groups in total. The zero-order valence-electron chi connectivity index (χ0n) is 13.1. The van der Waals surface area contributed by atoms with Gasteiger partial charge in [0.25, 0.3) is 0 Å². The summed E-state index contributed by atoms with van der Waals surface area (Å²) >= 11 is 0. The van der Waals surface area contributed by atoms with Gasteiger partial charge in [-0.25, -0.2) is 4.79 Å². The molecule has 20 heavy (non-hydrogen) atoms. The van der Waals surface area contributed by atoms with Crippen LogP contribution >= 0.6 is 0 Å². The van der Waals surface area contributed by atoms with Crippen LogP contribution in [0, 0.1) is 0 Å². The lowest BCUT2D eigenvalue weighted by atomic mass is 9.94. The van der Waals surface area contributed by atoms with Crippen molar-refractivity contribution in [1.29, 1.82) is 0 Å². The van der Waals surface area contributed by atoms with E-state index in [-0.39, 0.29) is 24.5 Å². The summed E-state index contributed by atoms with van der Waals surface area (Å²) in [7, 11) is 0. The third-order valence-corrected chi connectivity index (χ3v) is 3.15. The number of nitrogens with zero attached hydrogens (tertiary/aromatic N) is 1. The normalized spacial score (nSPS) is 26.5. The largest absolute Gasteiger partial charge is 0.466 e. The van der Waals surface area contributed by atoms with E-state index in [2.05, 4.69) is 0 Å². The molecule has 0 spiro atoms. The predicted molar refractivity (Wildman–Crippen MR) is 75.2 cm³/mol. The van der Waals surface area contributed by atoms with Crippen molar-refractivity contribution in [1.82, 2.24) is 4.90 Å². The minimum Gasteiger partial charge on any atom is -0.466 e. The number of amides is 1. The molecule has 0 aliphatic carbocycles. The Bertz CT molecular complexity index is 378. The molecule has 0 radical (unpaired) electrons. The second-order valence-electron chi connectivity index (χ2n) is 6.51. The Labute approximate surface area is 120 Å². The Morgan fingerprint density at radius 1 is 1.40 bits per heavy atom. The summed E-state index contributed by atoms with van der Waals surface area (Å²) < 4.78 is 10.3.